The van der Waals surface area contributed by atoms with Crippen molar-refractivity contribution in [3.63, 3.8) is 0 Å². The fourth-order valence-corrected chi connectivity index (χ4v) is 1.91. The third-order valence-electron chi connectivity index (χ3n) is 1.81. The Morgan fingerprint density at radius 1 is 1.29 bits per heavy atom. The predicted molar refractivity (Wildman–Crippen MR) is 58.5 cm³/mol. The smallest absolute Gasteiger partial charge is 0.309 e. The van der Waals surface area contributed by atoms with E-state index in [0.717, 1.165) is 0 Å². The first kappa shape index (κ1) is 13.2. The molecule has 0 saturated carbocycles. The molecule has 92 valence electrons. The minimum Gasteiger partial charge on any atom is -0.481 e. The van der Waals surface area contributed by atoms with Crippen molar-refractivity contribution in [1.82, 2.24) is 0 Å². The molecule has 0 unspecified atom stereocenters. The number of carbonyl (C=O) groups excluding carboxylic acids is 1. The molecule has 7 heteroatoms. The normalized spacial score (nSPS) is 10.8. The lowest BCUT2D eigenvalue weighted by Crippen LogP contribution is -2.16. The number of hydrogen-bond donors (Lipinski definition) is 1. The van der Waals surface area contributed by atoms with Gasteiger partial charge in [0.15, 0.2) is 0 Å². The van der Waals surface area contributed by atoms with Gasteiger partial charge in [-0.15, -0.1) is 0 Å². The molecule has 0 fully saturated rings. The molecule has 0 radical (unpaired) electrons. The van der Waals surface area contributed by atoms with E-state index in [1.165, 1.54) is 24.3 Å². The fraction of sp³-hybridized carbons (Fsp3) is 0.200. The first-order valence-corrected chi connectivity index (χ1v) is 6.20. The van der Waals surface area contributed by atoms with Gasteiger partial charge < -0.3 is 9.29 Å². The van der Waals surface area contributed by atoms with Crippen LogP contribution in [-0.2, 0) is 14.9 Å². The lowest BCUT2D eigenvalue weighted by molar-refractivity contribution is -0.136. The minimum atomic E-state index is -3.92. The number of carboxylic acid groups (broad SMARTS) is 1. The third kappa shape index (κ3) is 4.64. The second-order valence-corrected chi connectivity index (χ2v) is 4.87. The van der Waals surface area contributed by atoms with Crippen molar-refractivity contribution in [3.05, 3.63) is 29.8 Å². The summed E-state index contributed by atoms with van der Waals surface area (Å²) in [5, 5.41) is 8.35. The van der Waals surface area contributed by atoms with Gasteiger partial charge in [0.1, 0.15) is 12.0 Å². The largest absolute Gasteiger partial charge is 0.481 e. The molecule has 1 rings (SSSR count). The Morgan fingerprint density at radius 3 is 2.35 bits per heavy atom. The molecule has 0 aliphatic carbocycles. The molecule has 0 atom stereocenters. The van der Waals surface area contributed by atoms with Gasteiger partial charge in [-0.05, 0) is 24.3 Å². The van der Waals surface area contributed by atoms with Gasteiger partial charge in [-0.25, -0.2) is 0 Å². The SMILES string of the molecule is O=Cc1ccc(OS(=O)(=O)CCC(=O)O)cc1. The van der Waals surface area contributed by atoms with E-state index >= 15 is 0 Å². The van der Waals surface area contributed by atoms with Crippen molar-refractivity contribution in [1.29, 1.82) is 0 Å². The van der Waals surface area contributed by atoms with Gasteiger partial charge in [0.05, 0.1) is 12.2 Å². The number of aldehydes is 1. The van der Waals surface area contributed by atoms with Crippen LogP contribution in [0.15, 0.2) is 24.3 Å². The van der Waals surface area contributed by atoms with Crippen LogP contribution in [0.4, 0.5) is 0 Å². The van der Waals surface area contributed by atoms with Crippen molar-refractivity contribution >= 4 is 22.4 Å². The van der Waals surface area contributed by atoms with Crippen LogP contribution >= 0.6 is 0 Å². The van der Waals surface area contributed by atoms with E-state index in [-0.39, 0.29) is 5.75 Å². The highest BCUT2D eigenvalue weighted by Gasteiger charge is 2.14. The van der Waals surface area contributed by atoms with Crippen molar-refractivity contribution in [2.24, 2.45) is 0 Å². The Hall–Kier alpha value is -1.89. The molecule has 0 amide bonds. The van der Waals surface area contributed by atoms with Crippen LogP contribution in [0.25, 0.3) is 0 Å². The van der Waals surface area contributed by atoms with Gasteiger partial charge in [-0.1, -0.05) is 0 Å². The first-order valence-electron chi connectivity index (χ1n) is 4.62. The van der Waals surface area contributed by atoms with Crippen molar-refractivity contribution in [2.75, 3.05) is 5.75 Å². The van der Waals surface area contributed by atoms with E-state index in [1.54, 1.807) is 0 Å². The Morgan fingerprint density at radius 2 is 1.88 bits per heavy atom. The highest BCUT2D eigenvalue weighted by molar-refractivity contribution is 7.87. The summed E-state index contributed by atoms with van der Waals surface area (Å²) in [6.45, 7) is 0. The van der Waals surface area contributed by atoms with Gasteiger partial charge in [-0.3, -0.25) is 9.59 Å². The molecule has 17 heavy (non-hydrogen) atoms. The Balaban J connectivity index is 2.69. The van der Waals surface area contributed by atoms with Gasteiger partial charge in [0, 0.05) is 5.56 Å². The molecule has 0 aromatic heterocycles. The summed E-state index contributed by atoms with van der Waals surface area (Å²) in [4.78, 5) is 20.6. The van der Waals surface area contributed by atoms with E-state index in [9.17, 15) is 18.0 Å². The zero-order valence-electron chi connectivity index (χ0n) is 8.70. The standard InChI is InChI=1S/C10H10O6S/c11-7-8-1-3-9(4-2-8)16-17(14,15)6-5-10(12)13/h1-4,7H,5-6H2,(H,12,13). The molecule has 1 aromatic carbocycles. The molecule has 6 nitrogen and oxygen atoms in total. The van der Waals surface area contributed by atoms with E-state index in [2.05, 4.69) is 4.18 Å². The number of rotatable bonds is 6. The molecule has 0 bridgehead atoms. The molecule has 1 N–H and O–H groups in total. The van der Waals surface area contributed by atoms with Gasteiger partial charge in [0.25, 0.3) is 0 Å². The van der Waals surface area contributed by atoms with E-state index in [0.29, 0.717) is 11.8 Å². The Labute approximate surface area is 98.0 Å². The zero-order chi connectivity index (χ0) is 12.9. The average Bonchev–Trinajstić information content (AvgIpc) is 2.27. The van der Waals surface area contributed by atoms with Crippen molar-refractivity contribution in [3.8, 4) is 5.75 Å². The predicted octanol–water partition coefficient (Wildman–Crippen LogP) is 0.682. The van der Waals surface area contributed by atoms with Crippen LogP contribution in [-0.4, -0.2) is 31.5 Å². The second kappa shape index (κ2) is 5.44. The lowest BCUT2D eigenvalue weighted by Gasteiger charge is -2.05. The van der Waals surface area contributed by atoms with Crippen LogP contribution in [0.3, 0.4) is 0 Å². The highest BCUT2D eigenvalue weighted by atomic mass is 32.2. The summed E-state index contributed by atoms with van der Waals surface area (Å²) in [6, 6.07) is 5.44. The maximum atomic E-state index is 11.3. The maximum absolute atomic E-state index is 11.3. The molecule has 1 aromatic rings. The molecule has 0 saturated heterocycles. The number of carbonyl (C=O) groups is 2. The van der Waals surface area contributed by atoms with Gasteiger partial charge in [0.2, 0.25) is 0 Å². The van der Waals surface area contributed by atoms with E-state index in [4.69, 9.17) is 5.11 Å². The first-order chi connectivity index (χ1) is 7.93. The molecule has 0 aliphatic rings. The second-order valence-electron chi connectivity index (χ2n) is 3.18. The zero-order valence-corrected chi connectivity index (χ0v) is 9.51. The monoisotopic (exact) mass is 258 g/mol. The Bertz CT molecular complexity index is 502. The average molecular weight is 258 g/mol. The summed E-state index contributed by atoms with van der Waals surface area (Å²) < 4.78 is 27.3. The minimum absolute atomic E-state index is 0.0426. The number of benzene rings is 1. The van der Waals surface area contributed by atoms with Gasteiger partial charge >= 0.3 is 16.1 Å². The molecule has 0 aliphatic heterocycles. The number of aliphatic carboxylic acids is 1. The van der Waals surface area contributed by atoms with Crippen molar-refractivity contribution < 1.29 is 27.3 Å². The summed E-state index contributed by atoms with van der Waals surface area (Å²) in [6.07, 6.45) is 0.0947. The lowest BCUT2D eigenvalue weighted by atomic mass is 10.2. The van der Waals surface area contributed by atoms with Crippen LogP contribution < -0.4 is 4.18 Å². The third-order valence-corrected chi connectivity index (χ3v) is 2.96. The highest BCUT2D eigenvalue weighted by Crippen LogP contribution is 2.14. The van der Waals surface area contributed by atoms with Gasteiger partial charge in [-0.2, -0.15) is 8.42 Å². The molecular formula is C10H10O6S. The van der Waals surface area contributed by atoms with Crippen LogP contribution in [0.5, 0.6) is 5.75 Å². The molecule has 0 spiro atoms. The number of carboxylic acids is 1. The van der Waals surface area contributed by atoms with E-state index in [1.807, 2.05) is 0 Å². The Kier molecular flexibility index (Phi) is 4.22. The molecular weight excluding hydrogens is 248 g/mol. The summed E-state index contributed by atoms with van der Waals surface area (Å²) >= 11 is 0. The molecule has 0 heterocycles. The topological polar surface area (TPSA) is 97.7 Å². The van der Waals surface area contributed by atoms with Crippen molar-refractivity contribution in [2.45, 2.75) is 6.42 Å². The quantitative estimate of drug-likeness (QED) is 0.595. The van der Waals surface area contributed by atoms with Crippen LogP contribution in [0.2, 0.25) is 0 Å². The summed E-state index contributed by atoms with van der Waals surface area (Å²) in [7, 11) is -3.92. The maximum Gasteiger partial charge on any atom is 0.309 e. The number of hydrogen-bond acceptors (Lipinski definition) is 5. The fourth-order valence-electron chi connectivity index (χ4n) is 1.00. The summed E-state index contributed by atoms with van der Waals surface area (Å²) in [5.74, 6) is -1.77. The van der Waals surface area contributed by atoms with E-state index < -0.39 is 28.3 Å². The van der Waals surface area contributed by atoms with Crippen LogP contribution in [0, 0.1) is 0 Å². The summed E-state index contributed by atoms with van der Waals surface area (Å²) in [5.41, 5.74) is 0.389. The van der Waals surface area contributed by atoms with Crippen LogP contribution in [0.1, 0.15) is 16.8 Å².